The number of carbonyl (C=O) groups is 1. The Morgan fingerprint density at radius 1 is 1.31 bits per heavy atom. The molecule has 0 aliphatic heterocycles. The van der Waals surface area contributed by atoms with Crippen molar-refractivity contribution in [3.8, 4) is 5.75 Å². The second-order valence-corrected chi connectivity index (χ2v) is 3.26. The summed E-state index contributed by atoms with van der Waals surface area (Å²) in [6.07, 6.45) is 0. The normalized spacial score (nSPS) is 9.81. The molecule has 1 aromatic heterocycles. The van der Waals surface area contributed by atoms with Crippen LogP contribution in [-0.4, -0.2) is 10.8 Å². The molecule has 0 amide bonds. The minimum Gasteiger partial charge on any atom is -0.871 e. The predicted octanol–water partition coefficient (Wildman–Crippen LogP) is -2.19. The summed E-state index contributed by atoms with van der Waals surface area (Å²) in [5, 5.41) is 12.1. The number of fused-ring (bicyclic) bond motifs is 1. The first-order chi connectivity index (χ1) is 7.11. The van der Waals surface area contributed by atoms with Crippen molar-refractivity contribution < 1.29 is 39.5 Å². The van der Waals surface area contributed by atoms with Gasteiger partial charge in [0.25, 0.3) is 5.56 Å². The Bertz CT molecular complexity index is 604. The fourth-order valence-electron chi connectivity index (χ4n) is 1.53. The number of aromatic nitrogens is 1. The molecule has 0 spiro atoms. The molecular weight excluding hydrogens is 217 g/mol. The van der Waals surface area contributed by atoms with Crippen LogP contribution in [0.1, 0.15) is 17.3 Å². The van der Waals surface area contributed by atoms with E-state index >= 15 is 0 Å². The van der Waals surface area contributed by atoms with E-state index in [1.54, 1.807) is 24.3 Å². The van der Waals surface area contributed by atoms with Gasteiger partial charge in [0.05, 0.1) is 5.56 Å². The fourth-order valence-corrected chi connectivity index (χ4v) is 1.53. The van der Waals surface area contributed by atoms with Crippen LogP contribution in [0.2, 0.25) is 0 Å². The van der Waals surface area contributed by atoms with E-state index in [1.807, 2.05) is 0 Å². The van der Waals surface area contributed by atoms with Crippen LogP contribution in [0.5, 0.6) is 5.75 Å². The van der Waals surface area contributed by atoms with Gasteiger partial charge in [-0.15, -0.1) is 0 Å². The number of para-hydroxylation sites is 1. The third-order valence-electron chi connectivity index (χ3n) is 2.23. The maximum absolute atomic E-state index is 11.7. The number of H-pyrrole nitrogens is 1. The molecule has 2 aromatic rings. The van der Waals surface area contributed by atoms with Gasteiger partial charge in [-0.3, -0.25) is 9.59 Å². The Hall–Kier alpha value is -1.10. The minimum atomic E-state index is -0.619. The van der Waals surface area contributed by atoms with Crippen LogP contribution in [-0.2, 0) is 0 Å². The van der Waals surface area contributed by atoms with Crippen molar-refractivity contribution in [2.75, 3.05) is 0 Å². The molecule has 0 aliphatic rings. The van der Waals surface area contributed by atoms with Gasteiger partial charge in [0.1, 0.15) is 0 Å². The number of pyridine rings is 1. The average Bonchev–Trinajstić information content (AvgIpc) is 2.17. The third-order valence-corrected chi connectivity index (χ3v) is 2.23. The molecule has 1 heterocycles. The van der Waals surface area contributed by atoms with Gasteiger partial charge in [-0.1, -0.05) is 23.9 Å². The van der Waals surface area contributed by atoms with Gasteiger partial charge in [0.2, 0.25) is 0 Å². The summed E-state index contributed by atoms with van der Waals surface area (Å²) in [6.45, 7) is 1.21. The van der Waals surface area contributed by atoms with Crippen LogP contribution in [0.15, 0.2) is 29.1 Å². The van der Waals surface area contributed by atoms with Crippen molar-refractivity contribution in [1.82, 2.24) is 4.98 Å². The minimum absolute atomic E-state index is 0. The molecule has 1 N–H and O–H groups in total. The van der Waals surface area contributed by atoms with Crippen molar-refractivity contribution in [2.45, 2.75) is 6.92 Å². The maximum Gasteiger partial charge on any atom is 1.00 e. The quantitative estimate of drug-likeness (QED) is 0.442. The number of aromatic amines is 1. The molecular formula is C11H8NNaO3. The zero-order chi connectivity index (χ0) is 11.0. The molecule has 16 heavy (non-hydrogen) atoms. The predicted molar refractivity (Wildman–Crippen MR) is 54.0 cm³/mol. The van der Waals surface area contributed by atoms with E-state index in [0.29, 0.717) is 10.9 Å². The third kappa shape index (κ3) is 2.04. The van der Waals surface area contributed by atoms with Crippen molar-refractivity contribution in [3.63, 3.8) is 0 Å². The Morgan fingerprint density at radius 3 is 2.56 bits per heavy atom. The summed E-state index contributed by atoms with van der Waals surface area (Å²) in [6, 6.07) is 6.61. The number of Topliss-reactive ketones (excluding diaryl/α,β-unsaturated/α-hetero) is 1. The molecule has 4 nitrogen and oxygen atoms in total. The van der Waals surface area contributed by atoms with Gasteiger partial charge >= 0.3 is 29.6 Å². The van der Waals surface area contributed by atoms with Gasteiger partial charge < -0.3 is 10.1 Å². The fraction of sp³-hybridized carbons (Fsp3) is 0.0909. The van der Waals surface area contributed by atoms with E-state index in [0.717, 1.165) is 0 Å². The van der Waals surface area contributed by atoms with Crippen molar-refractivity contribution >= 4 is 16.7 Å². The van der Waals surface area contributed by atoms with Crippen LogP contribution in [0, 0.1) is 0 Å². The summed E-state index contributed by atoms with van der Waals surface area (Å²) in [5.74, 6) is -1.01. The number of nitrogens with one attached hydrogen (secondary N) is 1. The molecule has 5 heteroatoms. The molecule has 0 aliphatic carbocycles. The van der Waals surface area contributed by atoms with E-state index in [2.05, 4.69) is 4.98 Å². The molecule has 2 rings (SSSR count). The van der Waals surface area contributed by atoms with E-state index in [-0.39, 0.29) is 35.1 Å². The first-order valence-electron chi connectivity index (χ1n) is 4.44. The van der Waals surface area contributed by atoms with Gasteiger partial charge in [-0.25, -0.2) is 0 Å². The molecule has 0 atom stereocenters. The Kier molecular flexibility index (Phi) is 3.91. The monoisotopic (exact) mass is 225 g/mol. The molecule has 0 unspecified atom stereocenters. The van der Waals surface area contributed by atoms with Crippen LogP contribution < -0.4 is 40.2 Å². The second kappa shape index (κ2) is 4.82. The molecule has 0 saturated heterocycles. The Labute approximate surface area is 114 Å². The van der Waals surface area contributed by atoms with Gasteiger partial charge in [-0.05, 0) is 18.4 Å². The summed E-state index contributed by atoms with van der Waals surface area (Å²) < 4.78 is 0. The van der Waals surface area contributed by atoms with Crippen LogP contribution in [0.3, 0.4) is 0 Å². The maximum atomic E-state index is 11.7. The molecule has 76 valence electrons. The zero-order valence-corrected chi connectivity index (χ0v) is 11.0. The van der Waals surface area contributed by atoms with Crippen LogP contribution in [0.4, 0.5) is 0 Å². The molecule has 0 saturated carbocycles. The van der Waals surface area contributed by atoms with E-state index in [4.69, 9.17) is 0 Å². The number of ketones is 1. The first kappa shape index (κ1) is 13.0. The molecule has 0 radical (unpaired) electrons. The molecule has 1 aromatic carbocycles. The summed E-state index contributed by atoms with van der Waals surface area (Å²) in [5.41, 5.74) is -0.461. The van der Waals surface area contributed by atoms with Crippen LogP contribution in [0.25, 0.3) is 10.9 Å². The van der Waals surface area contributed by atoms with Crippen LogP contribution >= 0.6 is 0 Å². The number of benzene rings is 1. The van der Waals surface area contributed by atoms with Crippen molar-refractivity contribution in [1.29, 1.82) is 0 Å². The van der Waals surface area contributed by atoms with E-state index in [9.17, 15) is 14.7 Å². The second-order valence-electron chi connectivity index (χ2n) is 3.26. The number of hydrogen-bond donors (Lipinski definition) is 1. The number of hydrogen-bond acceptors (Lipinski definition) is 3. The average molecular weight is 225 g/mol. The Morgan fingerprint density at radius 2 is 1.94 bits per heavy atom. The molecule has 0 bridgehead atoms. The number of rotatable bonds is 1. The smallest absolute Gasteiger partial charge is 0.871 e. The summed E-state index contributed by atoms with van der Waals surface area (Å²) in [4.78, 5) is 25.0. The number of carbonyl (C=O) groups excluding carboxylic acids is 1. The first-order valence-corrected chi connectivity index (χ1v) is 4.44. The molecule has 0 fully saturated rings. The summed E-state index contributed by atoms with van der Waals surface area (Å²) in [7, 11) is 0. The topological polar surface area (TPSA) is 73.0 Å². The van der Waals surface area contributed by atoms with E-state index < -0.39 is 17.1 Å². The Balaban J connectivity index is 0.00000128. The summed E-state index contributed by atoms with van der Waals surface area (Å²) >= 11 is 0. The van der Waals surface area contributed by atoms with Gasteiger partial charge in [0, 0.05) is 5.52 Å². The van der Waals surface area contributed by atoms with Crippen molar-refractivity contribution in [3.05, 3.63) is 40.2 Å². The van der Waals surface area contributed by atoms with E-state index in [1.165, 1.54) is 6.92 Å². The van der Waals surface area contributed by atoms with Gasteiger partial charge in [-0.2, -0.15) is 0 Å². The largest absolute Gasteiger partial charge is 1.00 e. The standard InChI is InChI=1S/C11H9NO3.Na/c1-6(13)9-10(14)7-4-2-3-5-8(7)12-11(9)15;/h2-5H,1H3,(H2,12,14,15);/q;+1/p-1. The SMILES string of the molecule is CC(=O)c1c([O-])c2ccccc2[nH]c1=O.[Na+]. The van der Waals surface area contributed by atoms with Gasteiger partial charge in [0.15, 0.2) is 5.78 Å². The van der Waals surface area contributed by atoms with Crippen molar-refractivity contribution in [2.24, 2.45) is 0 Å². The zero-order valence-electron chi connectivity index (χ0n) is 9.03.